The van der Waals surface area contributed by atoms with Crippen LogP contribution in [0.3, 0.4) is 0 Å². The van der Waals surface area contributed by atoms with Crippen LogP contribution in [0.2, 0.25) is 0 Å². The maximum atomic E-state index is 5.77. The molecule has 1 atom stereocenters. The average Bonchev–Trinajstić information content (AvgIpc) is 2.65. The predicted molar refractivity (Wildman–Crippen MR) is 60.8 cm³/mol. The first kappa shape index (κ1) is 11.0. The normalized spacial score (nSPS) is 13.5. The van der Waals surface area contributed by atoms with E-state index in [-0.39, 0.29) is 0 Å². The topological polar surface area (TPSA) is 3.24 Å². The molecule has 0 saturated carbocycles. The van der Waals surface area contributed by atoms with Gasteiger partial charge in [-0.05, 0) is 31.8 Å². The van der Waals surface area contributed by atoms with Crippen molar-refractivity contribution in [1.82, 2.24) is 4.90 Å². The fraction of sp³-hybridized carbons (Fsp3) is 0.600. The van der Waals surface area contributed by atoms with E-state index in [2.05, 4.69) is 36.4 Å². The Hall–Kier alpha value is -0.0500. The number of hydrogen-bond donors (Lipinski definition) is 0. The summed E-state index contributed by atoms with van der Waals surface area (Å²) >= 11 is 7.59. The molecule has 0 fully saturated rings. The highest BCUT2D eigenvalue weighted by molar-refractivity contribution is 7.09. The van der Waals surface area contributed by atoms with Crippen molar-refractivity contribution in [3.05, 3.63) is 22.4 Å². The molecule has 0 radical (unpaired) electrons. The quantitative estimate of drug-likeness (QED) is 0.686. The zero-order valence-electron chi connectivity index (χ0n) is 8.16. The molecule has 0 amide bonds. The molecule has 1 heterocycles. The summed E-state index contributed by atoms with van der Waals surface area (Å²) in [6.07, 6.45) is 1.13. The molecular formula is C10H16ClNS. The Morgan fingerprint density at radius 3 is 2.92 bits per heavy atom. The standard InChI is InChI=1S/C10H16ClNS/c1-9(8-11)12(2)6-5-10-4-3-7-13-10/h3-4,7,9H,5-6,8H2,1-2H3. The zero-order valence-corrected chi connectivity index (χ0v) is 9.74. The van der Waals surface area contributed by atoms with Crippen LogP contribution in [0.15, 0.2) is 17.5 Å². The van der Waals surface area contributed by atoms with Crippen molar-refractivity contribution < 1.29 is 0 Å². The van der Waals surface area contributed by atoms with Crippen molar-refractivity contribution >= 4 is 22.9 Å². The molecule has 1 nitrogen and oxygen atoms in total. The first-order valence-electron chi connectivity index (χ1n) is 4.52. The third-order valence-corrected chi connectivity index (χ3v) is 3.65. The van der Waals surface area contributed by atoms with Gasteiger partial charge in [-0.25, -0.2) is 0 Å². The Balaban J connectivity index is 2.26. The van der Waals surface area contributed by atoms with E-state index < -0.39 is 0 Å². The SMILES string of the molecule is CC(CCl)N(C)CCc1cccs1. The molecule has 74 valence electrons. The van der Waals surface area contributed by atoms with Crippen molar-refractivity contribution in [3.8, 4) is 0 Å². The molecule has 0 saturated heterocycles. The van der Waals surface area contributed by atoms with E-state index in [4.69, 9.17) is 11.6 Å². The van der Waals surface area contributed by atoms with E-state index in [1.165, 1.54) is 4.88 Å². The minimum Gasteiger partial charge on any atom is -0.302 e. The van der Waals surface area contributed by atoms with Gasteiger partial charge in [0.05, 0.1) is 0 Å². The van der Waals surface area contributed by atoms with Gasteiger partial charge in [-0.1, -0.05) is 6.07 Å². The lowest BCUT2D eigenvalue weighted by molar-refractivity contribution is 0.281. The molecule has 0 aliphatic rings. The molecule has 0 spiro atoms. The summed E-state index contributed by atoms with van der Waals surface area (Å²) in [7, 11) is 2.13. The lowest BCUT2D eigenvalue weighted by atomic mass is 10.3. The Kier molecular flexibility index (Phi) is 4.78. The molecule has 1 aromatic heterocycles. The maximum Gasteiger partial charge on any atom is 0.0376 e. The number of halogens is 1. The van der Waals surface area contributed by atoms with Gasteiger partial charge in [0.2, 0.25) is 0 Å². The predicted octanol–water partition coefficient (Wildman–Crippen LogP) is 2.85. The molecule has 0 aliphatic heterocycles. The summed E-state index contributed by atoms with van der Waals surface area (Å²) in [4.78, 5) is 3.75. The van der Waals surface area contributed by atoms with Crippen LogP contribution in [-0.4, -0.2) is 30.4 Å². The van der Waals surface area contributed by atoms with Gasteiger partial charge in [-0.15, -0.1) is 22.9 Å². The second-order valence-corrected chi connectivity index (χ2v) is 4.65. The Morgan fingerprint density at radius 1 is 1.62 bits per heavy atom. The van der Waals surface area contributed by atoms with Gasteiger partial charge in [-0.3, -0.25) is 0 Å². The van der Waals surface area contributed by atoms with E-state index in [9.17, 15) is 0 Å². The van der Waals surface area contributed by atoms with Gasteiger partial charge in [0, 0.05) is 23.3 Å². The Bertz CT molecular complexity index is 223. The largest absolute Gasteiger partial charge is 0.302 e. The van der Waals surface area contributed by atoms with Crippen LogP contribution in [-0.2, 0) is 6.42 Å². The summed E-state index contributed by atoms with van der Waals surface area (Å²) in [5, 5.41) is 2.13. The minimum atomic E-state index is 0.474. The maximum absolute atomic E-state index is 5.77. The molecule has 13 heavy (non-hydrogen) atoms. The van der Waals surface area contributed by atoms with Gasteiger partial charge in [-0.2, -0.15) is 0 Å². The molecule has 0 N–H and O–H groups in total. The highest BCUT2D eigenvalue weighted by Gasteiger charge is 2.07. The lowest BCUT2D eigenvalue weighted by Crippen LogP contribution is -2.32. The number of thiophene rings is 1. The van der Waals surface area contributed by atoms with Gasteiger partial charge < -0.3 is 4.90 Å². The van der Waals surface area contributed by atoms with Crippen molar-refractivity contribution in [2.45, 2.75) is 19.4 Å². The molecule has 0 bridgehead atoms. The molecule has 0 aromatic carbocycles. The van der Waals surface area contributed by atoms with Crippen molar-refractivity contribution in [2.24, 2.45) is 0 Å². The summed E-state index contributed by atoms with van der Waals surface area (Å²) in [5.41, 5.74) is 0. The van der Waals surface area contributed by atoms with Crippen LogP contribution in [0.4, 0.5) is 0 Å². The van der Waals surface area contributed by atoms with Crippen LogP contribution in [0.5, 0.6) is 0 Å². The summed E-state index contributed by atoms with van der Waals surface area (Å²) in [5.74, 6) is 0.709. The van der Waals surface area contributed by atoms with E-state index in [0.29, 0.717) is 11.9 Å². The fourth-order valence-corrected chi connectivity index (χ4v) is 2.01. The van der Waals surface area contributed by atoms with E-state index in [1.54, 1.807) is 0 Å². The van der Waals surface area contributed by atoms with Gasteiger partial charge in [0.25, 0.3) is 0 Å². The molecule has 1 unspecified atom stereocenters. The van der Waals surface area contributed by atoms with Gasteiger partial charge in [0.15, 0.2) is 0 Å². The zero-order chi connectivity index (χ0) is 9.68. The molecule has 1 aromatic rings. The van der Waals surface area contributed by atoms with E-state index in [0.717, 1.165) is 13.0 Å². The van der Waals surface area contributed by atoms with Crippen LogP contribution in [0, 0.1) is 0 Å². The number of rotatable bonds is 5. The number of likely N-dealkylation sites (N-methyl/N-ethyl adjacent to an activating group) is 1. The monoisotopic (exact) mass is 217 g/mol. The van der Waals surface area contributed by atoms with E-state index in [1.807, 2.05) is 11.3 Å². The molecule has 3 heteroatoms. The molecule has 0 aliphatic carbocycles. The number of hydrogen-bond acceptors (Lipinski definition) is 2. The fourth-order valence-electron chi connectivity index (χ4n) is 1.08. The van der Waals surface area contributed by atoms with Crippen LogP contribution in [0.1, 0.15) is 11.8 Å². The second kappa shape index (κ2) is 5.63. The highest BCUT2D eigenvalue weighted by Crippen LogP contribution is 2.10. The average molecular weight is 218 g/mol. The van der Waals surface area contributed by atoms with E-state index >= 15 is 0 Å². The van der Waals surface area contributed by atoms with Crippen LogP contribution < -0.4 is 0 Å². The first-order valence-corrected chi connectivity index (χ1v) is 5.94. The first-order chi connectivity index (χ1) is 6.24. The van der Waals surface area contributed by atoms with Crippen LogP contribution in [0.25, 0.3) is 0 Å². The summed E-state index contributed by atoms with van der Waals surface area (Å²) in [6, 6.07) is 4.76. The van der Waals surface area contributed by atoms with Crippen LogP contribution >= 0.6 is 22.9 Å². The third-order valence-electron chi connectivity index (χ3n) is 2.27. The van der Waals surface area contributed by atoms with Crippen molar-refractivity contribution in [2.75, 3.05) is 19.5 Å². The lowest BCUT2D eigenvalue weighted by Gasteiger charge is -2.22. The minimum absolute atomic E-state index is 0.474. The number of alkyl halides is 1. The second-order valence-electron chi connectivity index (χ2n) is 3.31. The number of nitrogens with zero attached hydrogens (tertiary/aromatic N) is 1. The van der Waals surface area contributed by atoms with Gasteiger partial charge >= 0.3 is 0 Å². The Labute approximate surface area is 89.3 Å². The summed E-state index contributed by atoms with van der Waals surface area (Å²) in [6.45, 7) is 3.25. The molecular weight excluding hydrogens is 202 g/mol. The Morgan fingerprint density at radius 2 is 2.38 bits per heavy atom. The smallest absolute Gasteiger partial charge is 0.0376 e. The highest BCUT2D eigenvalue weighted by atomic mass is 35.5. The third kappa shape index (κ3) is 3.67. The van der Waals surface area contributed by atoms with Gasteiger partial charge in [0.1, 0.15) is 0 Å². The molecule has 1 rings (SSSR count). The van der Waals surface area contributed by atoms with Crippen molar-refractivity contribution in [1.29, 1.82) is 0 Å². The summed E-state index contributed by atoms with van der Waals surface area (Å²) < 4.78 is 0. The van der Waals surface area contributed by atoms with Crippen molar-refractivity contribution in [3.63, 3.8) is 0 Å².